The smallest absolute Gasteiger partial charge is 0.468 e. The van der Waals surface area contributed by atoms with Crippen LogP contribution in [0.1, 0.15) is 86.5 Å². The molecule has 8 rings (SSSR count). The zero-order chi connectivity index (χ0) is 34.2. The standard InChI is InChI=1S/C37H48O10Si/c1-19(2)48(34(4,5)6)46-28-25(30-31-36(45-31)32(39)35(18-43-35)37(36,44-30)33(41-8)42-9)20(3)15-16-21-17-24(40-7)22-13-11-10-12-14-23(38)27(22)29(47-48)26(21)28/h16,19,30-31,33H,10-15,17-18H2,1-9H3/t30?,31?,35-,36?,37?,48?/m0/s1. The fraction of sp³-hybridized carbons (Fsp3) is 0.676. The van der Waals surface area contributed by atoms with Crippen LogP contribution in [0.4, 0.5) is 0 Å². The van der Waals surface area contributed by atoms with Crippen molar-refractivity contribution in [2.75, 3.05) is 27.9 Å². The first-order valence-electron chi connectivity index (χ1n) is 17.5. The number of ether oxygens (including phenoxy) is 6. The van der Waals surface area contributed by atoms with E-state index in [-0.39, 0.29) is 28.8 Å². The van der Waals surface area contributed by atoms with Crippen molar-refractivity contribution in [3.05, 3.63) is 56.8 Å². The molecule has 48 heavy (non-hydrogen) atoms. The molecule has 5 fully saturated rings. The Morgan fingerprint density at radius 2 is 1.65 bits per heavy atom. The summed E-state index contributed by atoms with van der Waals surface area (Å²) >= 11 is 0. The van der Waals surface area contributed by atoms with E-state index in [1.54, 1.807) is 21.3 Å². The summed E-state index contributed by atoms with van der Waals surface area (Å²) in [5.41, 5.74) is 1.59. The Morgan fingerprint density at radius 1 is 0.958 bits per heavy atom. The Kier molecular flexibility index (Phi) is 7.14. The molecule has 0 aromatic carbocycles. The van der Waals surface area contributed by atoms with Gasteiger partial charge in [-0.15, -0.1) is 0 Å². The van der Waals surface area contributed by atoms with Crippen LogP contribution < -0.4 is 0 Å². The van der Waals surface area contributed by atoms with Crippen LogP contribution in [0.3, 0.4) is 0 Å². The third-order valence-electron chi connectivity index (χ3n) is 12.1. The number of allylic oxidation sites excluding steroid dienone is 6. The van der Waals surface area contributed by atoms with Crippen molar-refractivity contribution in [2.45, 2.75) is 132 Å². The highest BCUT2D eigenvalue weighted by atomic mass is 28.4. The van der Waals surface area contributed by atoms with Gasteiger partial charge >= 0.3 is 8.56 Å². The van der Waals surface area contributed by atoms with E-state index in [0.717, 1.165) is 59.3 Å². The molecule has 0 aromatic rings. The van der Waals surface area contributed by atoms with E-state index in [9.17, 15) is 9.59 Å². The highest BCUT2D eigenvalue weighted by molar-refractivity contribution is 6.72. The molecule has 0 bridgehead atoms. The molecule has 6 atom stereocenters. The number of carbonyl (C=O) groups excluding carboxylic acids is 2. The van der Waals surface area contributed by atoms with Crippen LogP contribution in [0.5, 0.6) is 0 Å². The summed E-state index contributed by atoms with van der Waals surface area (Å²) in [6.07, 6.45) is 5.19. The molecular weight excluding hydrogens is 632 g/mol. The van der Waals surface area contributed by atoms with Gasteiger partial charge in [-0.2, -0.15) is 0 Å². The molecule has 11 heteroatoms. The number of epoxide rings is 2. The number of hydrogen-bond acceptors (Lipinski definition) is 10. The van der Waals surface area contributed by atoms with Gasteiger partial charge in [-0.25, -0.2) is 0 Å². The normalized spacial score (nSPS) is 38.7. The van der Waals surface area contributed by atoms with Crippen molar-refractivity contribution in [2.24, 2.45) is 0 Å². The summed E-state index contributed by atoms with van der Waals surface area (Å²) in [5, 5.41) is -0.388. The molecule has 260 valence electrons. The van der Waals surface area contributed by atoms with Crippen LogP contribution in [0, 0.1) is 0 Å². The second-order valence-corrected chi connectivity index (χ2v) is 20.3. The molecule has 8 aliphatic rings. The zero-order valence-electron chi connectivity index (χ0n) is 29.6. The van der Waals surface area contributed by atoms with Gasteiger partial charge in [0.2, 0.25) is 5.78 Å². The summed E-state index contributed by atoms with van der Waals surface area (Å²) in [4.78, 5) is 28.2. The molecule has 5 unspecified atom stereocenters. The second kappa shape index (κ2) is 10.5. The van der Waals surface area contributed by atoms with E-state index in [4.69, 9.17) is 37.3 Å². The van der Waals surface area contributed by atoms with Gasteiger partial charge in [0.1, 0.15) is 29.5 Å². The molecule has 10 nitrogen and oxygen atoms in total. The van der Waals surface area contributed by atoms with E-state index < -0.39 is 43.9 Å². The van der Waals surface area contributed by atoms with Crippen LogP contribution in [0.2, 0.25) is 10.6 Å². The summed E-state index contributed by atoms with van der Waals surface area (Å²) in [6.45, 7) is 13.1. The number of hydrogen-bond donors (Lipinski definition) is 0. The second-order valence-electron chi connectivity index (χ2n) is 15.9. The van der Waals surface area contributed by atoms with Crippen LogP contribution in [0.15, 0.2) is 56.8 Å². The SMILES string of the molecule is COC1=C2CCCCCC(=O)C2=C2O[Si](C(C)C)(C(C)(C)C)OC3=C2C(=CCC(C)=C3C2OC3(C(OC)OC)C4(OC24)C(=O)[C@@]32CO2)C1. The van der Waals surface area contributed by atoms with Crippen molar-refractivity contribution in [1.29, 1.82) is 0 Å². The van der Waals surface area contributed by atoms with Crippen LogP contribution in [0.25, 0.3) is 0 Å². The van der Waals surface area contributed by atoms with E-state index in [1.165, 1.54) is 0 Å². The van der Waals surface area contributed by atoms with Crippen molar-refractivity contribution < 1.29 is 46.9 Å². The quantitative estimate of drug-likeness (QED) is 0.190. The molecule has 3 saturated heterocycles. The van der Waals surface area contributed by atoms with Crippen LogP contribution in [-0.4, -0.2) is 83.4 Å². The Hall–Kier alpha value is -2.54. The highest BCUT2D eigenvalue weighted by Crippen LogP contribution is 2.76. The predicted molar refractivity (Wildman–Crippen MR) is 176 cm³/mol. The Morgan fingerprint density at radius 3 is 2.27 bits per heavy atom. The van der Waals surface area contributed by atoms with Gasteiger partial charge in [0, 0.05) is 48.8 Å². The van der Waals surface area contributed by atoms with Gasteiger partial charge in [-0.05, 0) is 38.2 Å². The summed E-state index contributed by atoms with van der Waals surface area (Å²) in [5.74, 6) is 2.05. The van der Waals surface area contributed by atoms with Crippen molar-refractivity contribution in [3.8, 4) is 0 Å². The Bertz CT molecular complexity index is 1670. The lowest BCUT2D eigenvalue weighted by molar-refractivity contribution is -0.299. The maximum atomic E-state index is 14.3. The molecule has 2 spiro atoms. The number of fused-ring (bicyclic) bond motifs is 2. The van der Waals surface area contributed by atoms with Gasteiger partial charge < -0.3 is 37.3 Å². The number of rotatable bonds is 6. The van der Waals surface area contributed by atoms with E-state index in [1.807, 2.05) is 0 Å². The average Bonchev–Trinajstić information content (AvgIpc) is 3.96. The lowest BCUT2D eigenvalue weighted by Gasteiger charge is -2.51. The molecule has 0 aromatic heterocycles. The lowest BCUT2D eigenvalue weighted by atomic mass is 9.57. The highest BCUT2D eigenvalue weighted by Gasteiger charge is 3.04. The van der Waals surface area contributed by atoms with Crippen LogP contribution in [-0.2, 0) is 46.9 Å². The van der Waals surface area contributed by atoms with E-state index in [0.29, 0.717) is 36.4 Å². The number of methoxy groups -OCH3 is 3. The third-order valence-corrected chi connectivity index (χ3v) is 16.7. The number of ketones is 2. The monoisotopic (exact) mass is 680 g/mol. The summed E-state index contributed by atoms with van der Waals surface area (Å²) in [6, 6.07) is 0. The van der Waals surface area contributed by atoms with Gasteiger partial charge in [-0.1, -0.05) is 52.7 Å². The maximum absolute atomic E-state index is 14.3. The number of Topliss-reactive ketones (excluding diaryl/α,β-unsaturated/α-hetero) is 2. The minimum Gasteiger partial charge on any atom is -0.510 e. The zero-order valence-corrected chi connectivity index (χ0v) is 30.6. The summed E-state index contributed by atoms with van der Waals surface area (Å²) < 4.78 is 52.0. The van der Waals surface area contributed by atoms with Gasteiger partial charge in [0.15, 0.2) is 28.9 Å². The van der Waals surface area contributed by atoms with E-state index >= 15 is 0 Å². The largest absolute Gasteiger partial charge is 0.510 e. The topological polar surface area (TPSA) is 115 Å². The number of carbonyl (C=O) groups is 2. The van der Waals surface area contributed by atoms with E-state index in [2.05, 4.69) is 47.6 Å². The van der Waals surface area contributed by atoms with Gasteiger partial charge in [-0.3, -0.25) is 9.59 Å². The van der Waals surface area contributed by atoms with Crippen molar-refractivity contribution in [3.63, 3.8) is 0 Å². The molecule has 0 amide bonds. The van der Waals surface area contributed by atoms with Gasteiger partial charge in [0.25, 0.3) is 0 Å². The average molecular weight is 681 g/mol. The summed E-state index contributed by atoms with van der Waals surface area (Å²) in [7, 11) is 1.56. The minimum absolute atomic E-state index is 0.0183. The minimum atomic E-state index is -3.23. The van der Waals surface area contributed by atoms with Gasteiger partial charge in [0.05, 0.1) is 24.9 Å². The molecular formula is C37H48O10Si. The fourth-order valence-electron chi connectivity index (χ4n) is 9.73. The molecule has 0 N–H and O–H groups in total. The third kappa shape index (κ3) is 3.75. The lowest BCUT2D eigenvalue weighted by Crippen LogP contribution is -2.81. The predicted octanol–water partition coefficient (Wildman–Crippen LogP) is 5.92. The molecule has 0 radical (unpaired) electrons. The molecule has 4 heterocycles. The van der Waals surface area contributed by atoms with Crippen molar-refractivity contribution in [1.82, 2.24) is 0 Å². The first-order valence-corrected chi connectivity index (χ1v) is 19.4. The van der Waals surface area contributed by atoms with Crippen molar-refractivity contribution >= 4 is 20.1 Å². The molecule has 4 aliphatic carbocycles. The Balaban J connectivity index is 1.39. The Labute approximate surface area is 283 Å². The maximum Gasteiger partial charge on any atom is 0.468 e. The molecule has 4 aliphatic heterocycles. The first kappa shape index (κ1) is 32.6. The molecule has 2 saturated carbocycles. The van der Waals surface area contributed by atoms with Crippen LogP contribution >= 0.6 is 0 Å². The first-order chi connectivity index (χ1) is 22.8. The fourth-order valence-corrected chi connectivity index (χ4v) is 13.6.